The molecule has 0 aromatic heterocycles. The van der Waals surface area contributed by atoms with Gasteiger partial charge in [-0.2, -0.15) is 0 Å². The second kappa shape index (κ2) is 5.74. The number of hydrogen-bond donors (Lipinski definition) is 2. The summed E-state index contributed by atoms with van der Waals surface area (Å²) in [6.45, 7) is 0.787. The van der Waals surface area contributed by atoms with Crippen LogP contribution in [0.15, 0.2) is 18.2 Å². The van der Waals surface area contributed by atoms with Gasteiger partial charge in [-0.3, -0.25) is 4.72 Å². The van der Waals surface area contributed by atoms with Gasteiger partial charge in [-0.1, -0.05) is 6.07 Å². The van der Waals surface area contributed by atoms with Crippen molar-refractivity contribution < 1.29 is 8.42 Å². The van der Waals surface area contributed by atoms with Crippen molar-refractivity contribution in [1.29, 1.82) is 0 Å². The third kappa shape index (κ3) is 3.73. The topological polar surface area (TPSA) is 58.2 Å². The number of sulfonamides is 1. The monoisotopic (exact) mass is 294 g/mol. The normalized spacial score (nSPS) is 18.0. The molecule has 20 heavy (non-hydrogen) atoms. The maximum Gasteiger partial charge on any atom is 0.232 e. The van der Waals surface area contributed by atoms with Crippen LogP contribution in [0.2, 0.25) is 0 Å². The van der Waals surface area contributed by atoms with E-state index in [1.165, 1.54) is 30.4 Å². The van der Waals surface area contributed by atoms with E-state index < -0.39 is 10.0 Å². The van der Waals surface area contributed by atoms with Gasteiger partial charge >= 0.3 is 0 Å². The molecule has 2 aliphatic rings. The molecule has 0 aliphatic heterocycles. The maximum atomic E-state index is 12.0. The average Bonchev–Trinajstić information content (AvgIpc) is 3.11. The lowest BCUT2D eigenvalue weighted by Crippen LogP contribution is -2.23. The Labute approximate surface area is 121 Å². The van der Waals surface area contributed by atoms with Crippen molar-refractivity contribution in [1.82, 2.24) is 5.32 Å². The highest BCUT2D eigenvalue weighted by molar-refractivity contribution is 7.92. The number of benzene rings is 1. The molecule has 0 amide bonds. The van der Waals surface area contributed by atoms with Gasteiger partial charge in [-0.15, -0.1) is 0 Å². The van der Waals surface area contributed by atoms with Gasteiger partial charge in [-0.25, -0.2) is 8.42 Å². The summed E-state index contributed by atoms with van der Waals surface area (Å²) < 4.78 is 26.7. The molecule has 1 aromatic carbocycles. The van der Waals surface area contributed by atoms with Crippen LogP contribution in [0.5, 0.6) is 0 Å². The molecule has 2 N–H and O–H groups in total. The van der Waals surface area contributed by atoms with E-state index in [1.807, 2.05) is 12.1 Å². The highest BCUT2D eigenvalue weighted by atomic mass is 32.2. The Morgan fingerprint density at radius 1 is 1.15 bits per heavy atom. The van der Waals surface area contributed by atoms with Crippen LogP contribution in [0, 0.1) is 0 Å². The first kappa shape index (κ1) is 13.9. The van der Waals surface area contributed by atoms with E-state index in [0.29, 0.717) is 18.2 Å². The van der Waals surface area contributed by atoms with Crippen molar-refractivity contribution in [2.75, 3.05) is 17.0 Å². The molecule has 0 atom stereocenters. The minimum atomic E-state index is -3.22. The maximum absolute atomic E-state index is 12.0. The molecule has 3 rings (SSSR count). The molecule has 0 radical (unpaired) electrons. The van der Waals surface area contributed by atoms with E-state index in [-0.39, 0.29) is 5.75 Å². The highest BCUT2D eigenvalue weighted by Gasteiger charge is 2.20. The van der Waals surface area contributed by atoms with Gasteiger partial charge in [0, 0.05) is 11.7 Å². The Balaban J connectivity index is 1.52. The van der Waals surface area contributed by atoms with E-state index >= 15 is 0 Å². The summed E-state index contributed by atoms with van der Waals surface area (Å²) >= 11 is 0. The zero-order chi connectivity index (χ0) is 14.0. The second-order valence-electron chi connectivity index (χ2n) is 5.84. The number of hydrogen-bond acceptors (Lipinski definition) is 3. The van der Waals surface area contributed by atoms with E-state index in [2.05, 4.69) is 16.1 Å². The Morgan fingerprint density at radius 3 is 2.75 bits per heavy atom. The molecule has 5 heteroatoms. The fourth-order valence-electron chi connectivity index (χ4n) is 2.72. The molecule has 0 unspecified atom stereocenters. The fourth-order valence-corrected chi connectivity index (χ4v) is 3.83. The largest absolute Gasteiger partial charge is 0.314 e. The Morgan fingerprint density at radius 2 is 1.95 bits per heavy atom. The molecule has 1 aromatic rings. The summed E-state index contributed by atoms with van der Waals surface area (Å²) in [7, 11) is -3.22. The molecule has 0 saturated heterocycles. The molecule has 1 saturated carbocycles. The van der Waals surface area contributed by atoms with Crippen LogP contribution in [0.3, 0.4) is 0 Å². The predicted octanol–water partition coefficient (Wildman–Crippen LogP) is 2.06. The van der Waals surface area contributed by atoms with Gasteiger partial charge in [0.05, 0.1) is 5.75 Å². The zero-order valence-corrected chi connectivity index (χ0v) is 12.5. The lowest BCUT2D eigenvalue weighted by atomic mass is 10.1. The van der Waals surface area contributed by atoms with Crippen molar-refractivity contribution in [3.63, 3.8) is 0 Å². The summed E-state index contributed by atoms with van der Waals surface area (Å²) in [6.07, 6.45) is 6.50. The summed E-state index contributed by atoms with van der Waals surface area (Å²) in [4.78, 5) is 0. The quantitative estimate of drug-likeness (QED) is 0.757. The van der Waals surface area contributed by atoms with Crippen LogP contribution >= 0.6 is 0 Å². The van der Waals surface area contributed by atoms with Crippen molar-refractivity contribution in [2.24, 2.45) is 0 Å². The van der Waals surface area contributed by atoms with Crippen LogP contribution in [-0.2, 0) is 22.9 Å². The second-order valence-corrected chi connectivity index (χ2v) is 7.68. The zero-order valence-electron chi connectivity index (χ0n) is 11.7. The number of fused-ring (bicyclic) bond motifs is 1. The van der Waals surface area contributed by atoms with Crippen LogP contribution in [-0.4, -0.2) is 26.8 Å². The summed E-state index contributed by atoms with van der Waals surface area (Å²) in [6, 6.07) is 6.56. The third-order valence-corrected chi connectivity index (χ3v) is 5.34. The SMILES string of the molecule is O=S(=O)(CCCNC1CC1)Nc1ccc2c(c1)CCC2. The van der Waals surface area contributed by atoms with Crippen molar-refractivity contribution >= 4 is 15.7 Å². The minimum Gasteiger partial charge on any atom is -0.314 e. The van der Waals surface area contributed by atoms with Crippen LogP contribution < -0.4 is 10.0 Å². The number of nitrogens with one attached hydrogen (secondary N) is 2. The van der Waals surface area contributed by atoms with E-state index in [1.54, 1.807) is 0 Å². The summed E-state index contributed by atoms with van der Waals surface area (Å²) in [5.41, 5.74) is 3.36. The average molecular weight is 294 g/mol. The van der Waals surface area contributed by atoms with Crippen molar-refractivity contribution in [2.45, 2.75) is 44.6 Å². The lowest BCUT2D eigenvalue weighted by molar-refractivity contribution is 0.593. The molecule has 0 heterocycles. The van der Waals surface area contributed by atoms with E-state index in [4.69, 9.17) is 0 Å². The first-order valence-corrected chi connectivity index (χ1v) is 9.13. The smallest absolute Gasteiger partial charge is 0.232 e. The number of rotatable bonds is 7. The minimum absolute atomic E-state index is 0.184. The molecule has 2 aliphatic carbocycles. The Kier molecular flexibility index (Phi) is 3.98. The Bertz CT molecular complexity index is 580. The molecule has 0 bridgehead atoms. The molecular formula is C15H22N2O2S. The fraction of sp³-hybridized carbons (Fsp3) is 0.600. The van der Waals surface area contributed by atoms with E-state index in [0.717, 1.165) is 19.4 Å². The highest BCUT2D eigenvalue weighted by Crippen LogP contribution is 2.25. The molecule has 1 fully saturated rings. The van der Waals surface area contributed by atoms with Crippen molar-refractivity contribution in [3.05, 3.63) is 29.3 Å². The van der Waals surface area contributed by atoms with Gasteiger partial charge in [0.1, 0.15) is 0 Å². The van der Waals surface area contributed by atoms with Gasteiger partial charge in [0.2, 0.25) is 10.0 Å². The van der Waals surface area contributed by atoms with Gasteiger partial charge in [0.15, 0.2) is 0 Å². The molecular weight excluding hydrogens is 272 g/mol. The Hall–Kier alpha value is -1.07. The summed E-state index contributed by atoms with van der Waals surface area (Å²) in [5, 5.41) is 3.33. The lowest BCUT2D eigenvalue weighted by Gasteiger charge is -2.10. The van der Waals surface area contributed by atoms with Gasteiger partial charge in [-0.05, 0) is 68.3 Å². The number of aryl methyl sites for hydroxylation is 2. The number of anilines is 1. The molecule has 110 valence electrons. The molecule has 0 spiro atoms. The first-order valence-electron chi connectivity index (χ1n) is 7.48. The predicted molar refractivity (Wildman–Crippen MR) is 81.5 cm³/mol. The first-order chi connectivity index (χ1) is 9.62. The van der Waals surface area contributed by atoms with Gasteiger partial charge < -0.3 is 5.32 Å². The standard InChI is InChI=1S/C15H22N2O2S/c18-20(19,10-2-9-16-14-7-8-14)17-15-6-5-12-3-1-4-13(12)11-15/h5-6,11,14,16-17H,1-4,7-10H2. The molecule has 4 nitrogen and oxygen atoms in total. The third-order valence-electron chi connectivity index (χ3n) is 3.97. The summed E-state index contributed by atoms with van der Waals surface area (Å²) in [5.74, 6) is 0.184. The van der Waals surface area contributed by atoms with Gasteiger partial charge in [0.25, 0.3) is 0 Å². The van der Waals surface area contributed by atoms with E-state index in [9.17, 15) is 8.42 Å². The van der Waals surface area contributed by atoms with Crippen LogP contribution in [0.1, 0.15) is 36.8 Å². The van der Waals surface area contributed by atoms with Crippen LogP contribution in [0.4, 0.5) is 5.69 Å². The van der Waals surface area contributed by atoms with Crippen LogP contribution in [0.25, 0.3) is 0 Å². The van der Waals surface area contributed by atoms with Crippen molar-refractivity contribution in [3.8, 4) is 0 Å².